The summed E-state index contributed by atoms with van der Waals surface area (Å²) in [6.45, 7) is 1.51. The maximum Gasteiger partial charge on any atom is 0.337 e. The van der Waals surface area contributed by atoms with Crippen molar-refractivity contribution < 1.29 is 14.3 Å². The molecular formula is C25H26N4O3S. The van der Waals surface area contributed by atoms with E-state index in [1.54, 1.807) is 12.3 Å². The van der Waals surface area contributed by atoms with Crippen LogP contribution in [0.2, 0.25) is 0 Å². The third-order valence-corrected chi connectivity index (χ3v) is 6.60. The van der Waals surface area contributed by atoms with Gasteiger partial charge in [0.15, 0.2) is 5.11 Å². The van der Waals surface area contributed by atoms with E-state index in [1.807, 2.05) is 48.7 Å². The molecule has 4 heterocycles. The number of hydrogen-bond donors (Lipinski definition) is 1. The average Bonchev–Trinajstić information content (AvgIpc) is 3.61. The SMILES string of the molecule is COC(=O)c1cccc(-n2cccc2[C@H]2[C@@H](c3ccccn3)NC(=S)N2C[C@@H]2CCCO2)c1. The van der Waals surface area contributed by atoms with Gasteiger partial charge in [-0.3, -0.25) is 4.98 Å². The fourth-order valence-electron chi connectivity index (χ4n) is 4.70. The van der Waals surface area contributed by atoms with Crippen LogP contribution in [0.25, 0.3) is 5.69 Å². The van der Waals surface area contributed by atoms with Crippen molar-refractivity contribution in [2.45, 2.75) is 31.0 Å². The number of esters is 1. The van der Waals surface area contributed by atoms with Crippen LogP contribution in [-0.4, -0.2) is 51.9 Å². The van der Waals surface area contributed by atoms with Gasteiger partial charge < -0.3 is 24.3 Å². The van der Waals surface area contributed by atoms with Crippen LogP contribution in [0.1, 0.15) is 46.7 Å². The molecule has 1 aromatic carbocycles. The molecular weight excluding hydrogens is 436 g/mol. The van der Waals surface area contributed by atoms with E-state index in [4.69, 9.17) is 21.7 Å². The summed E-state index contributed by atoms with van der Waals surface area (Å²) in [5, 5.41) is 4.20. The second kappa shape index (κ2) is 9.33. The molecule has 5 rings (SSSR count). The lowest BCUT2D eigenvalue weighted by molar-refractivity contribution is 0.0600. The summed E-state index contributed by atoms with van der Waals surface area (Å²) in [6.07, 6.45) is 6.07. The largest absolute Gasteiger partial charge is 0.465 e. The molecule has 3 aromatic rings. The summed E-state index contributed by atoms with van der Waals surface area (Å²) in [5.41, 5.74) is 3.37. The van der Waals surface area contributed by atoms with Gasteiger partial charge >= 0.3 is 5.97 Å². The third-order valence-electron chi connectivity index (χ3n) is 6.25. The monoisotopic (exact) mass is 462 g/mol. The van der Waals surface area contributed by atoms with Gasteiger partial charge in [0, 0.05) is 36.9 Å². The Morgan fingerprint density at radius 2 is 2.15 bits per heavy atom. The predicted octanol–water partition coefficient (Wildman–Crippen LogP) is 3.81. The van der Waals surface area contributed by atoms with Gasteiger partial charge in [-0.2, -0.15) is 0 Å². The first-order valence-corrected chi connectivity index (χ1v) is 11.5. The second-order valence-corrected chi connectivity index (χ2v) is 8.65. The molecule has 0 bridgehead atoms. The number of benzene rings is 1. The Balaban J connectivity index is 1.56. The molecule has 2 aromatic heterocycles. The van der Waals surface area contributed by atoms with Crippen molar-refractivity contribution >= 4 is 23.3 Å². The maximum atomic E-state index is 12.1. The van der Waals surface area contributed by atoms with Crippen LogP contribution < -0.4 is 5.32 Å². The number of aromatic nitrogens is 2. The fraction of sp³-hybridized carbons (Fsp3) is 0.320. The fourth-order valence-corrected chi connectivity index (χ4v) is 5.02. The second-order valence-electron chi connectivity index (χ2n) is 8.26. The molecule has 2 fully saturated rings. The van der Waals surface area contributed by atoms with Gasteiger partial charge in [-0.15, -0.1) is 0 Å². The van der Waals surface area contributed by atoms with Crippen molar-refractivity contribution in [2.75, 3.05) is 20.3 Å². The van der Waals surface area contributed by atoms with Crippen LogP contribution in [0.3, 0.4) is 0 Å². The summed E-state index contributed by atoms with van der Waals surface area (Å²) in [4.78, 5) is 19.0. The third kappa shape index (κ3) is 4.24. The van der Waals surface area contributed by atoms with Crippen LogP contribution in [0.15, 0.2) is 67.0 Å². The van der Waals surface area contributed by atoms with Crippen LogP contribution in [-0.2, 0) is 9.47 Å². The van der Waals surface area contributed by atoms with E-state index in [0.29, 0.717) is 17.2 Å². The standard InChI is InChI=1S/C25H26N4O3S/c1-31-24(30)17-7-4-8-18(15-17)28-13-5-11-21(28)23-22(20-10-2-3-12-26-20)27-25(33)29(23)16-19-9-6-14-32-19/h2-5,7-8,10-13,15,19,22-23H,6,9,14,16H2,1H3,(H,27,33)/t19-,22+,23-/m0/s1. The molecule has 0 saturated carbocycles. The minimum absolute atomic E-state index is 0.0895. The first-order valence-electron chi connectivity index (χ1n) is 11.1. The van der Waals surface area contributed by atoms with Gasteiger partial charge in [0.05, 0.1) is 36.6 Å². The maximum absolute atomic E-state index is 12.1. The molecule has 1 N–H and O–H groups in total. The number of ether oxygens (including phenoxy) is 2. The number of thiocarbonyl (C=S) groups is 1. The Hall–Kier alpha value is -3.23. The van der Waals surface area contributed by atoms with Crippen LogP contribution >= 0.6 is 12.2 Å². The number of hydrogen-bond acceptors (Lipinski definition) is 5. The summed E-state index contributed by atoms with van der Waals surface area (Å²) < 4.78 is 13.0. The van der Waals surface area contributed by atoms with E-state index in [1.165, 1.54) is 7.11 Å². The zero-order chi connectivity index (χ0) is 22.8. The van der Waals surface area contributed by atoms with Gasteiger partial charge in [-0.25, -0.2) is 4.79 Å². The molecule has 8 heteroatoms. The van der Waals surface area contributed by atoms with E-state index in [0.717, 1.165) is 36.5 Å². The molecule has 0 unspecified atom stereocenters. The predicted molar refractivity (Wildman–Crippen MR) is 128 cm³/mol. The number of methoxy groups -OCH3 is 1. The first-order chi connectivity index (χ1) is 16.2. The van der Waals surface area contributed by atoms with Crippen LogP contribution in [0.5, 0.6) is 0 Å². The lowest BCUT2D eigenvalue weighted by Gasteiger charge is -2.30. The van der Waals surface area contributed by atoms with E-state index in [9.17, 15) is 4.79 Å². The molecule has 2 saturated heterocycles. The molecule has 0 radical (unpaired) electrons. The Kier molecular flexibility index (Phi) is 6.11. The van der Waals surface area contributed by atoms with Crippen molar-refractivity contribution in [3.8, 4) is 5.69 Å². The lowest BCUT2D eigenvalue weighted by atomic mass is 10.0. The summed E-state index contributed by atoms with van der Waals surface area (Å²) >= 11 is 5.79. The smallest absolute Gasteiger partial charge is 0.337 e. The molecule has 0 amide bonds. The number of nitrogens with one attached hydrogen (secondary N) is 1. The molecule has 0 spiro atoms. The number of pyridine rings is 1. The molecule has 7 nitrogen and oxygen atoms in total. The minimum atomic E-state index is -0.361. The molecule has 2 aliphatic rings. The Morgan fingerprint density at radius 3 is 2.91 bits per heavy atom. The minimum Gasteiger partial charge on any atom is -0.465 e. The highest BCUT2D eigenvalue weighted by atomic mass is 32.1. The number of carbonyl (C=O) groups is 1. The van der Waals surface area contributed by atoms with Gasteiger partial charge in [0.25, 0.3) is 0 Å². The Labute approximate surface area is 198 Å². The highest BCUT2D eigenvalue weighted by Crippen LogP contribution is 2.40. The van der Waals surface area contributed by atoms with Crippen molar-refractivity contribution in [1.82, 2.24) is 19.8 Å². The Bertz CT molecular complexity index is 1140. The van der Waals surface area contributed by atoms with E-state index >= 15 is 0 Å². The van der Waals surface area contributed by atoms with Gasteiger partial charge in [0.2, 0.25) is 0 Å². The highest BCUT2D eigenvalue weighted by Gasteiger charge is 2.42. The van der Waals surface area contributed by atoms with Crippen molar-refractivity contribution in [3.63, 3.8) is 0 Å². The van der Waals surface area contributed by atoms with Crippen molar-refractivity contribution in [1.29, 1.82) is 0 Å². The number of rotatable bonds is 6. The quantitative estimate of drug-likeness (QED) is 0.441. The zero-order valence-corrected chi connectivity index (χ0v) is 19.2. The van der Waals surface area contributed by atoms with Gasteiger partial charge in [0.1, 0.15) is 0 Å². The highest BCUT2D eigenvalue weighted by molar-refractivity contribution is 7.80. The molecule has 3 atom stereocenters. The van der Waals surface area contributed by atoms with Crippen LogP contribution in [0.4, 0.5) is 0 Å². The number of carbonyl (C=O) groups excluding carboxylic acids is 1. The van der Waals surface area contributed by atoms with Crippen LogP contribution in [0, 0.1) is 0 Å². The van der Waals surface area contributed by atoms with Gasteiger partial charge in [-0.05, 0) is 67.5 Å². The molecule has 33 heavy (non-hydrogen) atoms. The topological polar surface area (TPSA) is 68.6 Å². The first kappa shape index (κ1) is 21.6. The van der Waals surface area contributed by atoms with Gasteiger partial charge in [-0.1, -0.05) is 12.1 Å². The average molecular weight is 463 g/mol. The van der Waals surface area contributed by atoms with Crippen molar-refractivity contribution in [2.24, 2.45) is 0 Å². The van der Waals surface area contributed by atoms with E-state index < -0.39 is 0 Å². The summed E-state index contributed by atoms with van der Waals surface area (Å²) in [7, 11) is 1.39. The summed E-state index contributed by atoms with van der Waals surface area (Å²) in [6, 6.07) is 17.3. The zero-order valence-electron chi connectivity index (χ0n) is 18.4. The lowest BCUT2D eigenvalue weighted by Crippen LogP contribution is -2.36. The summed E-state index contributed by atoms with van der Waals surface area (Å²) in [5.74, 6) is -0.361. The molecule has 2 aliphatic heterocycles. The molecule has 170 valence electrons. The Morgan fingerprint density at radius 1 is 1.24 bits per heavy atom. The normalized spacial score (nSPS) is 22.4. The van der Waals surface area contributed by atoms with E-state index in [-0.39, 0.29) is 24.2 Å². The molecule has 0 aliphatic carbocycles. The number of nitrogens with zero attached hydrogens (tertiary/aromatic N) is 3. The van der Waals surface area contributed by atoms with Crippen molar-refractivity contribution in [3.05, 3.63) is 83.9 Å². The van der Waals surface area contributed by atoms with E-state index in [2.05, 4.69) is 25.8 Å².